The average molecular weight is 416 g/mol. The van der Waals surface area contributed by atoms with Crippen LogP contribution in [0.25, 0.3) is 10.9 Å². The maximum absolute atomic E-state index is 12.7. The van der Waals surface area contributed by atoms with Gasteiger partial charge in [0.15, 0.2) is 0 Å². The Hall–Kier alpha value is -3.11. The van der Waals surface area contributed by atoms with Crippen LogP contribution in [-0.4, -0.2) is 37.6 Å². The van der Waals surface area contributed by atoms with Crippen LogP contribution in [0.1, 0.15) is 12.8 Å². The summed E-state index contributed by atoms with van der Waals surface area (Å²) in [7, 11) is -3.92. The van der Waals surface area contributed by atoms with Crippen molar-refractivity contribution < 1.29 is 13.2 Å². The third-order valence-corrected chi connectivity index (χ3v) is 6.06. The minimum atomic E-state index is -3.92. The fraction of sp³-hybridized carbons (Fsp3) is 0.263. The molecule has 4 N–H and O–H groups in total. The predicted octanol–water partition coefficient (Wildman–Crippen LogP) is 1.15. The van der Waals surface area contributed by atoms with Crippen molar-refractivity contribution in [1.29, 1.82) is 0 Å². The van der Waals surface area contributed by atoms with Crippen LogP contribution in [0.5, 0.6) is 5.75 Å². The molecule has 0 aliphatic carbocycles. The number of ether oxygens (including phenoxy) is 1. The topological polar surface area (TPSA) is 133 Å². The molecule has 4 rings (SSSR count). The fourth-order valence-electron chi connectivity index (χ4n) is 3.24. The first-order valence-electron chi connectivity index (χ1n) is 9.17. The fourth-order valence-corrected chi connectivity index (χ4v) is 4.32. The zero-order valence-electron chi connectivity index (χ0n) is 15.4. The molecule has 2 aromatic carbocycles. The van der Waals surface area contributed by atoms with Gasteiger partial charge in [0, 0.05) is 12.2 Å². The quantitative estimate of drug-likeness (QED) is 0.493. The number of benzene rings is 2. The lowest BCUT2D eigenvalue weighted by Gasteiger charge is -2.24. The second-order valence-corrected chi connectivity index (χ2v) is 8.51. The number of hydrogen-bond donors (Lipinski definition) is 4. The summed E-state index contributed by atoms with van der Waals surface area (Å²) in [6.07, 6.45) is 2.15. The second kappa shape index (κ2) is 7.72. The van der Waals surface area contributed by atoms with E-state index >= 15 is 0 Å². The van der Waals surface area contributed by atoms with Crippen LogP contribution < -0.4 is 26.0 Å². The van der Waals surface area contributed by atoms with Gasteiger partial charge in [0.2, 0.25) is 0 Å². The van der Waals surface area contributed by atoms with Gasteiger partial charge in [0.25, 0.3) is 15.6 Å². The van der Waals surface area contributed by atoms with E-state index in [1.807, 2.05) is 0 Å². The highest BCUT2D eigenvalue weighted by Crippen LogP contribution is 2.22. The van der Waals surface area contributed by atoms with E-state index in [2.05, 4.69) is 20.0 Å². The van der Waals surface area contributed by atoms with Crippen molar-refractivity contribution in [2.24, 2.45) is 0 Å². The van der Waals surface area contributed by atoms with Crippen LogP contribution >= 0.6 is 0 Å². The largest absolute Gasteiger partial charge is 0.489 e. The molecule has 29 heavy (non-hydrogen) atoms. The number of nitrogens with one attached hydrogen (secondary N) is 4. The minimum absolute atomic E-state index is 0.0808. The molecule has 1 atom stereocenters. The molecular formula is C19H20N4O5S. The molecule has 152 valence electrons. The first-order valence-corrected chi connectivity index (χ1v) is 10.7. The Labute approximate surface area is 166 Å². The minimum Gasteiger partial charge on any atom is -0.489 e. The summed E-state index contributed by atoms with van der Waals surface area (Å²) in [5, 5.41) is 3.36. The van der Waals surface area contributed by atoms with Crippen molar-refractivity contribution in [3.8, 4) is 5.75 Å². The second-order valence-electron chi connectivity index (χ2n) is 6.83. The van der Waals surface area contributed by atoms with Crippen molar-refractivity contribution in [2.75, 3.05) is 17.8 Å². The Bertz CT molecular complexity index is 1240. The number of aromatic amines is 2. The van der Waals surface area contributed by atoms with Crippen molar-refractivity contribution in [1.82, 2.24) is 15.3 Å². The molecule has 0 spiro atoms. The smallest absolute Gasteiger partial charge is 0.326 e. The first kappa shape index (κ1) is 19.2. The van der Waals surface area contributed by atoms with Gasteiger partial charge in [-0.25, -0.2) is 13.2 Å². The molecule has 1 aliphatic rings. The van der Waals surface area contributed by atoms with Gasteiger partial charge in [-0.15, -0.1) is 0 Å². The summed E-state index contributed by atoms with van der Waals surface area (Å²) >= 11 is 0. The summed E-state index contributed by atoms with van der Waals surface area (Å²) in [5.74, 6) is 0.669. The third kappa shape index (κ3) is 4.33. The zero-order chi connectivity index (χ0) is 20.4. The van der Waals surface area contributed by atoms with Crippen LogP contribution in [0, 0.1) is 0 Å². The molecule has 0 unspecified atom stereocenters. The number of aromatic nitrogens is 2. The van der Waals surface area contributed by atoms with Crippen LogP contribution in [-0.2, 0) is 10.0 Å². The molecule has 2 heterocycles. The van der Waals surface area contributed by atoms with Crippen LogP contribution in [0.4, 0.5) is 5.69 Å². The Morgan fingerprint density at radius 1 is 1.03 bits per heavy atom. The van der Waals surface area contributed by atoms with Gasteiger partial charge in [0.1, 0.15) is 11.9 Å². The van der Waals surface area contributed by atoms with Gasteiger partial charge in [-0.2, -0.15) is 0 Å². The van der Waals surface area contributed by atoms with Crippen LogP contribution in [0.15, 0.2) is 56.9 Å². The lowest BCUT2D eigenvalue weighted by Crippen LogP contribution is -2.37. The van der Waals surface area contributed by atoms with Gasteiger partial charge < -0.3 is 15.0 Å². The molecule has 0 saturated carbocycles. The highest BCUT2D eigenvalue weighted by Gasteiger charge is 2.17. The number of sulfonamides is 1. The van der Waals surface area contributed by atoms with Crippen molar-refractivity contribution in [2.45, 2.75) is 23.8 Å². The van der Waals surface area contributed by atoms with Gasteiger partial charge in [-0.05, 0) is 61.9 Å². The van der Waals surface area contributed by atoms with E-state index in [9.17, 15) is 18.0 Å². The highest BCUT2D eigenvalue weighted by atomic mass is 32.2. The number of fused-ring (bicyclic) bond motifs is 1. The number of hydrogen-bond acceptors (Lipinski definition) is 6. The van der Waals surface area contributed by atoms with E-state index in [1.165, 1.54) is 18.2 Å². The molecule has 1 aliphatic heterocycles. The standard InChI is InChI=1S/C19H20N4O5S/c24-18-16-10-15(7-8-17(16)21-19(25)22-18)29(26,27)23-12-3-5-13(6-4-12)28-14-2-1-9-20-11-14/h3-8,10,14,20,23H,1-2,9,11H2,(H2,21,22,24,25)/t14-/m1/s1. The van der Waals surface area contributed by atoms with E-state index in [0.717, 1.165) is 25.9 Å². The Balaban J connectivity index is 1.53. The highest BCUT2D eigenvalue weighted by molar-refractivity contribution is 7.92. The van der Waals surface area contributed by atoms with E-state index in [-0.39, 0.29) is 21.9 Å². The van der Waals surface area contributed by atoms with Gasteiger partial charge in [0.05, 0.1) is 15.8 Å². The monoisotopic (exact) mass is 416 g/mol. The number of piperidine rings is 1. The molecule has 0 radical (unpaired) electrons. The van der Waals surface area contributed by atoms with Gasteiger partial charge >= 0.3 is 5.69 Å². The van der Waals surface area contributed by atoms with Crippen LogP contribution in [0.3, 0.4) is 0 Å². The zero-order valence-corrected chi connectivity index (χ0v) is 16.2. The molecule has 3 aromatic rings. The summed E-state index contributed by atoms with van der Waals surface area (Å²) < 4.78 is 33.8. The Kier molecular flexibility index (Phi) is 5.12. The molecule has 10 heteroatoms. The molecule has 0 bridgehead atoms. The van der Waals surface area contributed by atoms with Crippen molar-refractivity contribution in [3.63, 3.8) is 0 Å². The van der Waals surface area contributed by atoms with Crippen LogP contribution in [0.2, 0.25) is 0 Å². The maximum Gasteiger partial charge on any atom is 0.326 e. The van der Waals surface area contributed by atoms with Crippen molar-refractivity contribution in [3.05, 3.63) is 63.3 Å². The van der Waals surface area contributed by atoms with Gasteiger partial charge in [-0.3, -0.25) is 14.5 Å². The summed E-state index contributed by atoms with van der Waals surface area (Å²) in [6, 6.07) is 10.6. The third-order valence-electron chi connectivity index (χ3n) is 4.68. The van der Waals surface area contributed by atoms with E-state index in [1.54, 1.807) is 24.3 Å². The SMILES string of the molecule is O=c1[nH]c(=O)c2cc(S(=O)(=O)Nc3ccc(O[C@@H]4CCCNC4)cc3)ccc2[nH]1. The van der Waals surface area contributed by atoms with E-state index in [0.29, 0.717) is 11.4 Å². The molecule has 1 aromatic heterocycles. The molecular weight excluding hydrogens is 396 g/mol. The summed E-state index contributed by atoms with van der Waals surface area (Å²) in [5.41, 5.74) is -0.673. The maximum atomic E-state index is 12.7. The Morgan fingerprint density at radius 3 is 2.55 bits per heavy atom. The first-order chi connectivity index (χ1) is 13.9. The lowest BCUT2D eigenvalue weighted by atomic mass is 10.1. The molecule has 1 saturated heterocycles. The number of anilines is 1. The molecule has 9 nitrogen and oxygen atoms in total. The average Bonchev–Trinajstić information content (AvgIpc) is 2.70. The van der Waals surface area contributed by atoms with Crippen molar-refractivity contribution >= 4 is 26.6 Å². The van der Waals surface area contributed by atoms with Gasteiger partial charge in [-0.1, -0.05) is 0 Å². The lowest BCUT2D eigenvalue weighted by molar-refractivity contribution is 0.167. The molecule has 0 amide bonds. The normalized spacial score (nSPS) is 17.2. The molecule has 1 fully saturated rings. The predicted molar refractivity (Wildman–Crippen MR) is 109 cm³/mol. The van der Waals surface area contributed by atoms with E-state index < -0.39 is 21.3 Å². The summed E-state index contributed by atoms with van der Waals surface area (Å²) in [6.45, 7) is 1.79. The Morgan fingerprint density at radius 2 is 1.83 bits per heavy atom. The van der Waals surface area contributed by atoms with E-state index in [4.69, 9.17) is 4.74 Å². The number of rotatable bonds is 5. The summed E-state index contributed by atoms with van der Waals surface area (Å²) in [4.78, 5) is 27.7. The number of H-pyrrole nitrogens is 2.